The largest absolute Gasteiger partial charge is 0.489 e. The van der Waals surface area contributed by atoms with E-state index in [0.29, 0.717) is 43.2 Å². The van der Waals surface area contributed by atoms with E-state index in [-0.39, 0.29) is 28.6 Å². The van der Waals surface area contributed by atoms with Crippen molar-refractivity contribution in [2.45, 2.75) is 42.1 Å². The van der Waals surface area contributed by atoms with Gasteiger partial charge in [-0.15, -0.1) is 0 Å². The van der Waals surface area contributed by atoms with Gasteiger partial charge in [-0.3, -0.25) is 9.62 Å². The first-order valence-corrected chi connectivity index (χ1v) is 21.2. The number of aliphatic hydroxyl groups is 1. The third kappa shape index (κ3) is 11.5. The average molecular weight is 777 g/mol. The molecule has 55 heavy (non-hydrogen) atoms. The van der Waals surface area contributed by atoms with Gasteiger partial charge in [-0.2, -0.15) is 0 Å². The molecule has 6 rings (SSSR count). The molecule has 284 valence electrons. The van der Waals surface area contributed by atoms with Crippen LogP contribution in [0.3, 0.4) is 0 Å². The summed E-state index contributed by atoms with van der Waals surface area (Å²) >= 11 is 0. The second-order valence-corrected chi connectivity index (χ2v) is 17.0. The van der Waals surface area contributed by atoms with Gasteiger partial charge < -0.3 is 14.6 Å². The number of sulfone groups is 1. The Kier molecular flexibility index (Phi) is 13.0. The highest BCUT2D eigenvalue weighted by Gasteiger charge is 2.20. The van der Waals surface area contributed by atoms with Crippen LogP contribution in [0.25, 0.3) is 0 Å². The Morgan fingerprint density at radius 1 is 0.618 bits per heavy atom. The van der Waals surface area contributed by atoms with Crippen LogP contribution in [0.2, 0.25) is 0 Å². The van der Waals surface area contributed by atoms with Gasteiger partial charge in [0.15, 0.2) is 0 Å². The number of nitrogens with zero attached hydrogens (tertiary/aromatic N) is 1. The van der Waals surface area contributed by atoms with E-state index >= 15 is 0 Å². The van der Waals surface area contributed by atoms with Gasteiger partial charge in [-0.1, -0.05) is 109 Å². The topological polar surface area (TPSA) is 122 Å². The third-order valence-electron chi connectivity index (χ3n) is 8.93. The number of aliphatic hydroxyl groups excluding tert-OH is 1. The Balaban J connectivity index is 1.12. The number of benzene rings is 6. The van der Waals surface area contributed by atoms with Gasteiger partial charge in [0.1, 0.15) is 24.7 Å². The van der Waals surface area contributed by atoms with Gasteiger partial charge in [-0.25, -0.2) is 16.8 Å². The van der Waals surface area contributed by atoms with Crippen molar-refractivity contribution in [3.63, 3.8) is 0 Å². The van der Waals surface area contributed by atoms with E-state index in [1.54, 1.807) is 54.6 Å². The van der Waals surface area contributed by atoms with Crippen molar-refractivity contribution in [3.05, 3.63) is 186 Å². The van der Waals surface area contributed by atoms with E-state index in [9.17, 15) is 21.9 Å². The van der Waals surface area contributed by atoms with Crippen LogP contribution in [-0.2, 0) is 46.0 Å². The van der Waals surface area contributed by atoms with Gasteiger partial charge in [0, 0.05) is 19.6 Å². The van der Waals surface area contributed by atoms with Crippen molar-refractivity contribution >= 4 is 25.5 Å². The zero-order valence-corrected chi connectivity index (χ0v) is 32.1. The SMILES string of the molecule is CS(=O)(=O)Nc1cc([C@@H](O)CN(CCc2ccc(S(=O)(=O)c3ccc(OCc4ccccc4)cc3)cc2)Cc2ccccc2)ccc1OCc1ccccc1. The summed E-state index contributed by atoms with van der Waals surface area (Å²) in [5.41, 5.74) is 4.73. The molecule has 0 amide bonds. The molecular formula is C44H44N2O7S2. The summed E-state index contributed by atoms with van der Waals surface area (Å²) in [6.45, 7) is 2.02. The lowest BCUT2D eigenvalue weighted by atomic mass is 10.1. The first-order chi connectivity index (χ1) is 26.5. The molecule has 0 aliphatic rings. The van der Waals surface area contributed by atoms with Gasteiger partial charge in [0.25, 0.3) is 0 Å². The smallest absolute Gasteiger partial charge is 0.229 e. The van der Waals surface area contributed by atoms with Crippen LogP contribution >= 0.6 is 0 Å². The lowest BCUT2D eigenvalue weighted by Crippen LogP contribution is -2.30. The molecule has 9 nitrogen and oxygen atoms in total. The first-order valence-electron chi connectivity index (χ1n) is 17.9. The molecule has 0 aromatic heterocycles. The normalized spacial score (nSPS) is 12.3. The number of nitrogens with one attached hydrogen (secondary N) is 1. The lowest BCUT2D eigenvalue weighted by Gasteiger charge is -2.26. The minimum atomic E-state index is -3.75. The van der Waals surface area contributed by atoms with E-state index in [1.807, 2.05) is 103 Å². The van der Waals surface area contributed by atoms with Crippen LogP contribution in [0.5, 0.6) is 11.5 Å². The second-order valence-electron chi connectivity index (χ2n) is 13.3. The summed E-state index contributed by atoms with van der Waals surface area (Å²) in [6.07, 6.45) is 0.719. The van der Waals surface area contributed by atoms with Gasteiger partial charge in [0.2, 0.25) is 19.9 Å². The Morgan fingerprint density at radius 2 is 1.15 bits per heavy atom. The van der Waals surface area contributed by atoms with Gasteiger partial charge in [0.05, 0.1) is 27.8 Å². The fourth-order valence-electron chi connectivity index (χ4n) is 6.04. The predicted molar refractivity (Wildman–Crippen MR) is 215 cm³/mol. The minimum Gasteiger partial charge on any atom is -0.489 e. The number of rotatable bonds is 18. The van der Waals surface area contributed by atoms with Crippen LogP contribution in [-0.4, -0.2) is 46.2 Å². The Hall–Kier alpha value is -5.46. The molecule has 0 aliphatic carbocycles. The fourth-order valence-corrected chi connectivity index (χ4v) is 7.86. The number of hydrogen-bond donors (Lipinski definition) is 2. The van der Waals surface area contributed by atoms with Crippen molar-refractivity contribution < 1.29 is 31.4 Å². The molecular weight excluding hydrogens is 733 g/mol. The van der Waals surface area contributed by atoms with Crippen LogP contribution in [0, 0.1) is 0 Å². The zero-order chi connectivity index (χ0) is 38.7. The molecule has 0 aliphatic heterocycles. The molecule has 11 heteroatoms. The molecule has 2 N–H and O–H groups in total. The molecule has 0 saturated heterocycles. The Morgan fingerprint density at radius 3 is 1.71 bits per heavy atom. The lowest BCUT2D eigenvalue weighted by molar-refractivity contribution is 0.109. The molecule has 0 heterocycles. The minimum absolute atomic E-state index is 0.181. The summed E-state index contributed by atoms with van der Waals surface area (Å²) in [4.78, 5) is 2.50. The van der Waals surface area contributed by atoms with E-state index < -0.39 is 26.0 Å². The Bertz CT molecular complexity index is 2340. The van der Waals surface area contributed by atoms with E-state index in [2.05, 4.69) is 9.62 Å². The van der Waals surface area contributed by atoms with Gasteiger partial charge >= 0.3 is 0 Å². The standard InChI is InChI=1S/C44H44N2O7S2/c1-54(48,49)45-42-29-38(19-26-44(42)53-33-37-15-9-4-10-16-37)43(47)31-46(30-35-11-5-2-6-12-35)28-27-34-17-22-40(23-18-34)55(50,51)41-24-20-39(21-25-41)52-32-36-13-7-3-8-14-36/h2-26,29,43,45,47H,27-28,30-33H2,1H3/t43-/m0/s1. The van der Waals surface area contributed by atoms with Crippen molar-refractivity contribution in [3.8, 4) is 11.5 Å². The number of sulfonamides is 1. The Labute approximate surface area is 323 Å². The van der Waals surface area contributed by atoms with Crippen LogP contribution in [0.1, 0.15) is 33.9 Å². The van der Waals surface area contributed by atoms with Crippen molar-refractivity contribution in [2.75, 3.05) is 24.1 Å². The maximum absolute atomic E-state index is 13.5. The van der Waals surface area contributed by atoms with Crippen LogP contribution < -0.4 is 14.2 Å². The molecule has 0 radical (unpaired) electrons. The average Bonchev–Trinajstić information content (AvgIpc) is 3.19. The van der Waals surface area contributed by atoms with Crippen LogP contribution in [0.4, 0.5) is 5.69 Å². The quantitative estimate of drug-likeness (QED) is 0.0907. The predicted octanol–water partition coefficient (Wildman–Crippen LogP) is 7.83. The van der Waals surface area contributed by atoms with Crippen molar-refractivity contribution in [1.29, 1.82) is 0 Å². The molecule has 1 atom stereocenters. The maximum Gasteiger partial charge on any atom is 0.229 e. The maximum atomic E-state index is 13.5. The second kappa shape index (κ2) is 18.2. The van der Waals surface area contributed by atoms with Crippen molar-refractivity contribution in [1.82, 2.24) is 4.90 Å². The molecule has 0 saturated carbocycles. The highest BCUT2D eigenvalue weighted by Crippen LogP contribution is 2.31. The van der Waals surface area contributed by atoms with E-state index in [1.165, 1.54) is 0 Å². The molecule has 0 bridgehead atoms. The molecule has 0 spiro atoms. The molecule has 0 unspecified atom stereocenters. The summed E-state index contributed by atoms with van der Waals surface area (Å²) in [6, 6.07) is 47.6. The van der Waals surface area contributed by atoms with E-state index in [0.717, 1.165) is 28.5 Å². The monoisotopic (exact) mass is 776 g/mol. The summed E-state index contributed by atoms with van der Waals surface area (Å²) in [7, 11) is -7.38. The third-order valence-corrected chi connectivity index (χ3v) is 11.3. The number of ether oxygens (including phenoxy) is 2. The molecule has 6 aromatic carbocycles. The van der Waals surface area contributed by atoms with Crippen LogP contribution in [0.15, 0.2) is 168 Å². The fraction of sp³-hybridized carbons (Fsp3) is 0.182. The molecule has 0 fully saturated rings. The summed E-state index contributed by atoms with van der Waals surface area (Å²) in [5, 5.41) is 11.5. The molecule has 6 aromatic rings. The highest BCUT2D eigenvalue weighted by atomic mass is 32.2. The van der Waals surface area contributed by atoms with Crippen molar-refractivity contribution in [2.24, 2.45) is 0 Å². The number of hydrogen-bond acceptors (Lipinski definition) is 8. The highest BCUT2D eigenvalue weighted by molar-refractivity contribution is 7.92. The summed E-state index contributed by atoms with van der Waals surface area (Å²) < 4.78 is 65.8. The zero-order valence-electron chi connectivity index (χ0n) is 30.5. The van der Waals surface area contributed by atoms with Gasteiger partial charge in [-0.05, 0) is 82.8 Å². The number of anilines is 1. The first kappa shape index (κ1) is 39.2. The summed E-state index contributed by atoms with van der Waals surface area (Å²) in [5.74, 6) is 0.931. The van der Waals surface area contributed by atoms with E-state index in [4.69, 9.17) is 9.47 Å².